The first-order chi connectivity index (χ1) is 10.0. The third kappa shape index (κ3) is 4.37. The van der Waals surface area contributed by atoms with E-state index >= 15 is 0 Å². The van der Waals surface area contributed by atoms with Crippen molar-refractivity contribution in [2.45, 2.75) is 24.8 Å². The van der Waals surface area contributed by atoms with Gasteiger partial charge in [0.05, 0.1) is 4.90 Å². The number of nitrogens with zero attached hydrogens (tertiary/aromatic N) is 2. The first-order valence-electron chi connectivity index (χ1n) is 6.77. The van der Waals surface area contributed by atoms with Crippen molar-refractivity contribution >= 4 is 21.4 Å². The van der Waals surface area contributed by atoms with Crippen molar-refractivity contribution in [2.75, 3.05) is 13.1 Å². The molecule has 0 aliphatic heterocycles. The Balaban J connectivity index is 1.92. The summed E-state index contributed by atoms with van der Waals surface area (Å²) in [6.07, 6.45) is 4.11. The Morgan fingerprint density at radius 1 is 1.43 bits per heavy atom. The molecule has 2 aromatic rings. The van der Waals surface area contributed by atoms with Crippen molar-refractivity contribution in [1.29, 1.82) is 0 Å². The van der Waals surface area contributed by atoms with E-state index < -0.39 is 10.0 Å². The van der Waals surface area contributed by atoms with Gasteiger partial charge in [0.25, 0.3) is 0 Å². The minimum Gasteiger partial charge on any atom is -0.338 e. The van der Waals surface area contributed by atoms with Gasteiger partial charge < -0.3 is 9.88 Å². The first kappa shape index (κ1) is 16.2. The number of sulfonamides is 1. The third-order valence-electron chi connectivity index (χ3n) is 3.05. The molecule has 21 heavy (non-hydrogen) atoms. The summed E-state index contributed by atoms with van der Waals surface area (Å²) >= 11 is 1.45. The average Bonchev–Trinajstić information content (AvgIpc) is 3.06. The molecule has 0 fully saturated rings. The number of imidazole rings is 1. The van der Waals surface area contributed by atoms with Crippen molar-refractivity contribution in [3.8, 4) is 0 Å². The van der Waals surface area contributed by atoms with Crippen LogP contribution in [-0.4, -0.2) is 31.1 Å². The fraction of sp³-hybridized carbons (Fsp3) is 0.462. The first-order valence-corrected chi connectivity index (χ1v) is 9.13. The maximum atomic E-state index is 12.2. The number of aryl methyl sites for hydroxylation is 1. The number of hydrogen-bond donors (Lipinski definition) is 2. The summed E-state index contributed by atoms with van der Waals surface area (Å²) in [7, 11) is -1.54. The molecule has 2 N–H and O–H groups in total. The van der Waals surface area contributed by atoms with E-state index in [1.54, 1.807) is 17.6 Å². The molecule has 0 spiro atoms. The van der Waals surface area contributed by atoms with E-state index in [1.807, 2.05) is 24.7 Å². The second kappa shape index (κ2) is 7.17. The lowest BCUT2D eigenvalue weighted by Gasteiger charge is -2.05. The van der Waals surface area contributed by atoms with E-state index in [2.05, 4.69) is 15.0 Å². The molecule has 8 heteroatoms. The Morgan fingerprint density at radius 2 is 2.24 bits per heavy atom. The quantitative estimate of drug-likeness (QED) is 0.761. The molecule has 6 nitrogen and oxygen atoms in total. The summed E-state index contributed by atoms with van der Waals surface area (Å²) in [6.45, 7) is 3.92. The van der Waals surface area contributed by atoms with E-state index in [0.29, 0.717) is 24.4 Å². The third-order valence-corrected chi connectivity index (χ3v) is 5.58. The van der Waals surface area contributed by atoms with E-state index in [0.717, 1.165) is 17.2 Å². The van der Waals surface area contributed by atoms with Crippen molar-refractivity contribution in [1.82, 2.24) is 19.6 Å². The van der Waals surface area contributed by atoms with Gasteiger partial charge in [-0.25, -0.2) is 18.1 Å². The fourth-order valence-electron chi connectivity index (χ4n) is 1.86. The van der Waals surface area contributed by atoms with Gasteiger partial charge in [0.15, 0.2) is 0 Å². The maximum Gasteiger partial charge on any atom is 0.241 e. The molecule has 0 amide bonds. The van der Waals surface area contributed by atoms with Crippen molar-refractivity contribution in [3.05, 3.63) is 34.5 Å². The van der Waals surface area contributed by atoms with Crippen LogP contribution in [0.1, 0.15) is 17.6 Å². The lowest BCUT2D eigenvalue weighted by molar-refractivity contribution is 0.580. The van der Waals surface area contributed by atoms with Gasteiger partial charge >= 0.3 is 0 Å². The lowest BCUT2D eigenvalue weighted by atomic mass is 10.4. The molecule has 0 atom stereocenters. The molecule has 2 aromatic heterocycles. The van der Waals surface area contributed by atoms with Crippen molar-refractivity contribution in [3.63, 3.8) is 0 Å². The molecule has 0 aliphatic rings. The van der Waals surface area contributed by atoms with Crippen LogP contribution in [0.25, 0.3) is 0 Å². The zero-order chi connectivity index (χ0) is 15.3. The monoisotopic (exact) mass is 328 g/mol. The van der Waals surface area contributed by atoms with Gasteiger partial charge in [-0.2, -0.15) is 0 Å². The predicted molar refractivity (Wildman–Crippen MR) is 83.8 cm³/mol. The summed E-state index contributed by atoms with van der Waals surface area (Å²) < 4.78 is 28.9. The molecule has 0 bridgehead atoms. The molecule has 2 heterocycles. The Kier molecular flexibility index (Phi) is 5.51. The zero-order valence-corrected chi connectivity index (χ0v) is 13.8. The van der Waals surface area contributed by atoms with Gasteiger partial charge in [0, 0.05) is 49.2 Å². The standard InChI is InChI=1S/C13H20N4O2S2/c1-3-14-9-11-8-12(10-20-11)21(18,19)16-5-4-13-15-6-7-17(13)2/h6-8,10,14,16H,3-5,9H2,1-2H3. The topological polar surface area (TPSA) is 76.0 Å². The van der Waals surface area contributed by atoms with Gasteiger partial charge in [0.1, 0.15) is 5.82 Å². The molecule has 0 aromatic carbocycles. The Hall–Kier alpha value is -1.22. The summed E-state index contributed by atoms with van der Waals surface area (Å²) in [5, 5.41) is 4.86. The predicted octanol–water partition coefficient (Wildman–Crippen LogP) is 1.11. The maximum absolute atomic E-state index is 12.2. The molecule has 0 saturated heterocycles. The molecule has 116 valence electrons. The molecule has 0 aliphatic carbocycles. The molecular weight excluding hydrogens is 308 g/mol. The number of nitrogens with one attached hydrogen (secondary N) is 2. The van der Waals surface area contributed by atoms with Crippen molar-refractivity contribution in [2.24, 2.45) is 7.05 Å². The Morgan fingerprint density at radius 3 is 2.90 bits per heavy atom. The van der Waals surface area contributed by atoms with Crippen LogP contribution in [0.15, 0.2) is 28.7 Å². The summed E-state index contributed by atoms with van der Waals surface area (Å²) in [5.74, 6) is 0.857. The number of hydrogen-bond acceptors (Lipinski definition) is 5. The van der Waals surface area contributed by atoms with E-state index in [1.165, 1.54) is 11.3 Å². The van der Waals surface area contributed by atoms with Crippen LogP contribution >= 0.6 is 11.3 Å². The van der Waals surface area contributed by atoms with Gasteiger partial charge in [-0.15, -0.1) is 11.3 Å². The second-order valence-electron chi connectivity index (χ2n) is 4.63. The summed E-state index contributed by atoms with van der Waals surface area (Å²) in [4.78, 5) is 5.52. The van der Waals surface area contributed by atoms with Crippen LogP contribution in [-0.2, 0) is 30.0 Å². The van der Waals surface area contributed by atoms with Gasteiger partial charge in [-0.1, -0.05) is 6.92 Å². The van der Waals surface area contributed by atoms with E-state index in [9.17, 15) is 8.42 Å². The number of rotatable bonds is 8. The van der Waals surface area contributed by atoms with Gasteiger partial charge in [-0.05, 0) is 12.6 Å². The minimum absolute atomic E-state index is 0.334. The Labute approximate surface area is 129 Å². The van der Waals surface area contributed by atoms with Crippen LogP contribution in [0.5, 0.6) is 0 Å². The van der Waals surface area contributed by atoms with Crippen LogP contribution in [0.4, 0.5) is 0 Å². The van der Waals surface area contributed by atoms with Crippen LogP contribution < -0.4 is 10.0 Å². The second-order valence-corrected chi connectivity index (χ2v) is 7.39. The normalized spacial score (nSPS) is 11.9. The minimum atomic E-state index is -3.43. The van der Waals surface area contributed by atoms with Gasteiger partial charge in [-0.3, -0.25) is 0 Å². The van der Waals surface area contributed by atoms with Crippen molar-refractivity contribution < 1.29 is 8.42 Å². The lowest BCUT2D eigenvalue weighted by Crippen LogP contribution is -2.26. The van der Waals surface area contributed by atoms with Gasteiger partial charge in [0.2, 0.25) is 10.0 Å². The molecular formula is C13H20N4O2S2. The zero-order valence-electron chi connectivity index (χ0n) is 12.2. The largest absolute Gasteiger partial charge is 0.338 e. The fourth-order valence-corrected chi connectivity index (χ4v) is 4.14. The van der Waals surface area contributed by atoms with Crippen LogP contribution in [0, 0.1) is 0 Å². The highest BCUT2D eigenvalue weighted by Gasteiger charge is 2.15. The number of aromatic nitrogens is 2. The highest BCUT2D eigenvalue weighted by Crippen LogP contribution is 2.19. The highest BCUT2D eigenvalue weighted by atomic mass is 32.2. The average molecular weight is 328 g/mol. The Bertz CT molecular complexity index is 676. The molecule has 0 unspecified atom stereocenters. The SMILES string of the molecule is CCNCc1cc(S(=O)(=O)NCCc2nccn2C)cs1. The van der Waals surface area contributed by atoms with Crippen LogP contribution in [0.3, 0.4) is 0 Å². The number of thiophene rings is 1. The molecule has 0 radical (unpaired) electrons. The van der Waals surface area contributed by atoms with E-state index in [-0.39, 0.29) is 0 Å². The summed E-state index contributed by atoms with van der Waals surface area (Å²) in [5.41, 5.74) is 0. The molecule has 0 saturated carbocycles. The highest BCUT2D eigenvalue weighted by molar-refractivity contribution is 7.89. The molecule has 2 rings (SSSR count). The van der Waals surface area contributed by atoms with Crippen LogP contribution in [0.2, 0.25) is 0 Å². The summed E-state index contributed by atoms with van der Waals surface area (Å²) in [6, 6.07) is 1.72. The van der Waals surface area contributed by atoms with E-state index in [4.69, 9.17) is 0 Å². The smallest absolute Gasteiger partial charge is 0.241 e.